The molecule has 0 aliphatic rings. The molecular formula is C13H13NO4S2. The van der Waals surface area contributed by atoms with E-state index in [0.29, 0.717) is 13.0 Å². The minimum absolute atomic E-state index is 0.0579. The maximum absolute atomic E-state index is 12.0. The van der Waals surface area contributed by atoms with Crippen LogP contribution in [-0.2, 0) is 16.4 Å². The summed E-state index contributed by atoms with van der Waals surface area (Å²) in [5, 5.41) is 10.7. The Bertz CT molecular complexity index is 676. The highest BCUT2D eigenvalue weighted by Crippen LogP contribution is 2.12. The fraction of sp³-hybridized carbons (Fsp3) is 0.154. The molecule has 0 unspecified atom stereocenters. The number of carboxylic acid groups (broad SMARTS) is 1. The number of hydrogen-bond donors (Lipinski definition) is 2. The molecule has 1 aromatic carbocycles. The van der Waals surface area contributed by atoms with Gasteiger partial charge in [-0.25, -0.2) is 17.9 Å². The minimum Gasteiger partial charge on any atom is -0.478 e. The molecule has 0 amide bonds. The third kappa shape index (κ3) is 3.66. The number of nitrogens with one attached hydrogen (secondary N) is 1. The first-order chi connectivity index (χ1) is 9.49. The smallest absolute Gasteiger partial charge is 0.335 e. The molecule has 20 heavy (non-hydrogen) atoms. The molecule has 1 heterocycles. The molecule has 106 valence electrons. The van der Waals surface area contributed by atoms with E-state index >= 15 is 0 Å². The predicted molar refractivity (Wildman–Crippen MR) is 76.6 cm³/mol. The van der Waals surface area contributed by atoms with E-state index in [2.05, 4.69) is 4.72 Å². The summed E-state index contributed by atoms with van der Waals surface area (Å²) in [5.41, 5.74) is 0.0579. The number of carboxylic acids is 1. The highest BCUT2D eigenvalue weighted by molar-refractivity contribution is 7.89. The topological polar surface area (TPSA) is 83.5 Å². The van der Waals surface area contributed by atoms with Crippen LogP contribution in [-0.4, -0.2) is 26.0 Å². The summed E-state index contributed by atoms with van der Waals surface area (Å²) in [6.07, 6.45) is 0.629. The Morgan fingerprint density at radius 1 is 1.20 bits per heavy atom. The molecule has 0 fully saturated rings. The number of rotatable bonds is 6. The lowest BCUT2D eigenvalue weighted by atomic mass is 10.2. The number of thiophene rings is 1. The highest BCUT2D eigenvalue weighted by atomic mass is 32.2. The Kier molecular flexibility index (Phi) is 4.53. The van der Waals surface area contributed by atoms with E-state index in [1.54, 1.807) is 11.3 Å². The molecular weight excluding hydrogens is 298 g/mol. The largest absolute Gasteiger partial charge is 0.478 e. The van der Waals surface area contributed by atoms with Gasteiger partial charge in [0.1, 0.15) is 0 Å². The van der Waals surface area contributed by atoms with E-state index in [1.807, 2.05) is 17.5 Å². The van der Waals surface area contributed by atoms with Gasteiger partial charge in [0.15, 0.2) is 0 Å². The number of sulfonamides is 1. The van der Waals surface area contributed by atoms with Gasteiger partial charge >= 0.3 is 5.97 Å². The van der Waals surface area contributed by atoms with Crippen molar-refractivity contribution >= 4 is 27.3 Å². The van der Waals surface area contributed by atoms with Crippen molar-refractivity contribution in [3.05, 3.63) is 52.2 Å². The van der Waals surface area contributed by atoms with Gasteiger partial charge in [0.05, 0.1) is 10.5 Å². The van der Waals surface area contributed by atoms with E-state index in [4.69, 9.17) is 5.11 Å². The molecule has 2 N–H and O–H groups in total. The van der Waals surface area contributed by atoms with Crippen molar-refractivity contribution in [2.24, 2.45) is 0 Å². The molecule has 5 nitrogen and oxygen atoms in total. The number of benzene rings is 1. The van der Waals surface area contributed by atoms with Crippen molar-refractivity contribution in [1.82, 2.24) is 4.72 Å². The molecule has 1 aromatic heterocycles. The highest BCUT2D eigenvalue weighted by Gasteiger charge is 2.14. The predicted octanol–water partition coefficient (Wildman–Crippen LogP) is 1.97. The van der Waals surface area contributed by atoms with Gasteiger partial charge in [-0.05, 0) is 42.1 Å². The van der Waals surface area contributed by atoms with Crippen LogP contribution in [0.15, 0.2) is 46.7 Å². The first kappa shape index (κ1) is 14.7. The Labute approximate surface area is 120 Å². The van der Waals surface area contributed by atoms with Gasteiger partial charge in [-0.1, -0.05) is 6.07 Å². The van der Waals surface area contributed by atoms with Gasteiger partial charge in [0.25, 0.3) is 0 Å². The van der Waals surface area contributed by atoms with Crippen molar-refractivity contribution in [2.45, 2.75) is 11.3 Å². The normalized spacial score (nSPS) is 11.4. The molecule has 2 rings (SSSR count). The maximum atomic E-state index is 12.0. The third-order valence-corrected chi connectivity index (χ3v) is 5.07. The van der Waals surface area contributed by atoms with Crippen LogP contribution in [0.4, 0.5) is 0 Å². The second-order valence-corrected chi connectivity index (χ2v) is 6.86. The Balaban J connectivity index is 2.00. The van der Waals surface area contributed by atoms with Gasteiger partial charge in [-0.2, -0.15) is 0 Å². The quantitative estimate of drug-likeness (QED) is 0.854. The fourth-order valence-electron chi connectivity index (χ4n) is 1.62. The summed E-state index contributed by atoms with van der Waals surface area (Å²) in [4.78, 5) is 11.9. The van der Waals surface area contributed by atoms with Crippen LogP contribution in [0.5, 0.6) is 0 Å². The molecule has 0 saturated heterocycles. The summed E-state index contributed by atoms with van der Waals surface area (Å²) < 4.78 is 26.5. The van der Waals surface area contributed by atoms with Gasteiger partial charge in [0, 0.05) is 11.4 Å². The van der Waals surface area contributed by atoms with Gasteiger partial charge in [-0.3, -0.25) is 0 Å². The van der Waals surface area contributed by atoms with Gasteiger partial charge in [-0.15, -0.1) is 11.3 Å². The zero-order chi connectivity index (χ0) is 14.6. The lowest BCUT2D eigenvalue weighted by molar-refractivity contribution is 0.0696. The van der Waals surface area contributed by atoms with Crippen molar-refractivity contribution in [2.75, 3.05) is 6.54 Å². The number of hydrogen-bond acceptors (Lipinski definition) is 4. The second kappa shape index (κ2) is 6.17. The molecule has 0 spiro atoms. The molecule has 2 aromatic rings. The van der Waals surface area contributed by atoms with Crippen molar-refractivity contribution in [1.29, 1.82) is 0 Å². The maximum Gasteiger partial charge on any atom is 0.335 e. The number of aromatic carboxylic acids is 1. The van der Waals surface area contributed by atoms with Crippen molar-refractivity contribution in [3.8, 4) is 0 Å². The molecule has 0 aliphatic carbocycles. The third-order valence-electron chi connectivity index (χ3n) is 2.66. The first-order valence-electron chi connectivity index (χ1n) is 5.84. The van der Waals surface area contributed by atoms with Crippen molar-refractivity contribution < 1.29 is 18.3 Å². The van der Waals surface area contributed by atoms with E-state index in [0.717, 1.165) is 4.88 Å². The van der Waals surface area contributed by atoms with Crippen LogP contribution in [0.3, 0.4) is 0 Å². The first-order valence-corrected chi connectivity index (χ1v) is 8.21. The standard InChI is InChI=1S/C13H13NO4S2/c15-13(16)10-3-5-12(6-4-10)20(17,18)14-8-7-11-2-1-9-19-11/h1-6,9,14H,7-8H2,(H,15,16). The molecule has 0 atom stereocenters. The van der Waals surface area contributed by atoms with Crippen molar-refractivity contribution in [3.63, 3.8) is 0 Å². The fourth-order valence-corrected chi connectivity index (χ4v) is 3.36. The van der Waals surface area contributed by atoms with E-state index in [-0.39, 0.29) is 10.5 Å². The summed E-state index contributed by atoms with van der Waals surface area (Å²) in [5.74, 6) is -1.08. The lowest BCUT2D eigenvalue weighted by Crippen LogP contribution is -2.25. The van der Waals surface area contributed by atoms with Crippen LogP contribution < -0.4 is 4.72 Å². The average Bonchev–Trinajstić information content (AvgIpc) is 2.92. The van der Waals surface area contributed by atoms with Crippen LogP contribution in [0.1, 0.15) is 15.2 Å². The van der Waals surface area contributed by atoms with E-state index < -0.39 is 16.0 Å². The van der Waals surface area contributed by atoms with Crippen LogP contribution in [0.25, 0.3) is 0 Å². The SMILES string of the molecule is O=C(O)c1ccc(S(=O)(=O)NCCc2cccs2)cc1. The lowest BCUT2D eigenvalue weighted by Gasteiger charge is -2.06. The monoisotopic (exact) mass is 311 g/mol. The zero-order valence-electron chi connectivity index (χ0n) is 10.4. The van der Waals surface area contributed by atoms with E-state index in [9.17, 15) is 13.2 Å². The van der Waals surface area contributed by atoms with Crippen LogP contribution >= 0.6 is 11.3 Å². The number of carbonyl (C=O) groups is 1. The average molecular weight is 311 g/mol. The molecule has 0 saturated carbocycles. The molecule has 0 aliphatic heterocycles. The van der Waals surface area contributed by atoms with Gasteiger partial charge in [0.2, 0.25) is 10.0 Å². The Morgan fingerprint density at radius 3 is 2.45 bits per heavy atom. The summed E-state index contributed by atoms with van der Waals surface area (Å²) in [6.45, 7) is 0.309. The summed E-state index contributed by atoms with van der Waals surface area (Å²) >= 11 is 1.57. The Hall–Kier alpha value is -1.70. The zero-order valence-corrected chi connectivity index (χ0v) is 12.1. The molecule has 0 bridgehead atoms. The van der Waals surface area contributed by atoms with Gasteiger partial charge < -0.3 is 5.11 Å². The summed E-state index contributed by atoms with van der Waals surface area (Å²) in [7, 11) is -3.59. The van der Waals surface area contributed by atoms with E-state index in [1.165, 1.54) is 24.3 Å². The summed E-state index contributed by atoms with van der Waals surface area (Å²) in [6, 6.07) is 8.99. The van der Waals surface area contributed by atoms with Crippen LogP contribution in [0, 0.1) is 0 Å². The second-order valence-electron chi connectivity index (χ2n) is 4.06. The van der Waals surface area contributed by atoms with Crippen LogP contribution in [0.2, 0.25) is 0 Å². The molecule has 0 radical (unpaired) electrons. The Morgan fingerprint density at radius 2 is 1.90 bits per heavy atom. The molecule has 7 heteroatoms. The minimum atomic E-state index is -3.59.